The van der Waals surface area contributed by atoms with E-state index in [2.05, 4.69) is 20.9 Å². The average Bonchev–Trinajstić information content (AvgIpc) is 2.22. The van der Waals surface area contributed by atoms with E-state index in [1.165, 1.54) is 24.4 Å². The van der Waals surface area contributed by atoms with E-state index in [9.17, 15) is 13.5 Å². The molecule has 1 aromatic heterocycles. The van der Waals surface area contributed by atoms with Crippen LogP contribution in [0, 0.1) is 0 Å². The number of pyridine rings is 1. The van der Waals surface area contributed by atoms with Crippen molar-refractivity contribution in [3.63, 3.8) is 0 Å². The maximum atomic E-state index is 10.9. The summed E-state index contributed by atoms with van der Waals surface area (Å²) in [7, 11) is -4.22. The molecule has 1 aromatic carbocycles. The third-order valence-electron chi connectivity index (χ3n) is 2.08. The highest BCUT2D eigenvalue weighted by Gasteiger charge is 2.12. The van der Waals surface area contributed by atoms with Crippen molar-refractivity contribution in [1.29, 1.82) is 0 Å². The van der Waals surface area contributed by atoms with Crippen LogP contribution in [0.1, 0.15) is 0 Å². The van der Waals surface area contributed by atoms with Gasteiger partial charge < -0.3 is 5.11 Å². The summed E-state index contributed by atoms with van der Waals surface area (Å²) >= 11 is 3.13. The highest BCUT2D eigenvalue weighted by molar-refractivity contribution is 9.10. The van der Waals surface area contributed by atoms with Crippen molar-refractivity contribution < 1.29 is 18.1 Å². The lowest BCUT2D eigenvalue weighted by atomic mass is 10.2. The molecule has 0 bridgehead atoms. The molecule has 0 aliphatic carbocycles. The second kappa shape index (κ2) is 3.69. The number of hydrogen-bond donors (Lipinski definition) is 2. The number of halogens is 1. The molecule has 2 N–H and O–H groups in total. The molecule has 0 aliphatic heterocycles. The van der Waals surface area contributed by atoms with Crippen LogP contribution in [0.2, 0.25) is 0 Å². The van der Waals surface area contributed by atoms with Crippen molar-refractivity contribution in [3.8, 4) is 5.88 Å². The summed E-state index contributed by atoms with van der Waals surface area (Å²) in [6.07, 6.45) is 1.32. The minimum absolute atomic E-state index is 0.174. The van der Waals surface area contributed by atoms with Crippen LogP contribution < -0.4 is 0 Å². The first-order chi connectivity index (χ1) is 7.39. The van der Waals surface area contributed by atoms with Crippen LogP contribution in [-0.4, -0.2) is 23.1 Å². The standard InChI is InChI=1S/C9H6BrNO4S/c10-8-7-2-1-6(16(13,14)15)3-5(7)4-11-9(8)12/h1-4H,(H,11,12)(H,13,14,15). The van der Waals surface area contributed by atoms with E-state index >= 15 is 0 Å². The number of aromatic hydroxyl groups is 1. The van der Waals surface area contributed by atoms with E-state index in [1.807, 2.05) is 0 Å². The van der Waals surface area contributed by atoms with Gasteiger partial charge in [0.15, 0.2) is 0 Å². The molecular formula is C9H6BrNO4S. The molecule has 2 aromatic rings. The number of hydrogen-bond acceptors (Lipinski definition) is 4. The largest absolute Gasteiger partial charge is 0.492 e. The molecule has 2 rings (SSSR count). The van der Waals surface area contributed by atoms with Crippen molar-refractivity contribution in [3.05, 3.63) is 28.9 Å². The van der Waals surface area contributed by atoms with Crippen LogP contribution in [0.15, 0.2) is 33.8 Å². The number of benzene rings is 1. The first-order valence-corrected chi connectivity index (χ1v) is 6.37. The number of aromatic nitrogens is 1. The van der Waals surface area contributed by atoms with Gasteiger partial charge in [-0.25, -0.2) is 4.98 Å². The first kappa shape index (κ1) is 11.3. The molecule has 0 fully saturated rings. The van der Waals surface area contributed by atoms with E-state index in [0.29, 0.717) is 15.2 Å². The van der Waals surface area contributed by atoms with Gasteiger partial charge in [0.05, 0.1) is 9.37 Å². The van der Waals surface area contributed by atoms with Crippen LogP contribution in [0.25, 0.3) is 10.8 Å². The topological polar surface area (TPSA) is 87.5 Å². The Balaban J connectivity index is 2.80. The molecule has 5 nitrogen and oxygen atoms in total. The van der Waals surface area contributed by atoms with Gasteiger partial charge >= 0.3 is 0 Å². The molecule has 0 amide bonds. The van der Waals surface area contributed by atoms with E-state index in [0.717, 1.165) is 0 Å². The lowest BCUT2D eigenvalue weighted by molar-refractivity contribution is 0.451. The minimum atomic E-state index is -4.22. The van der Waals surface area contributed by atoms with Gasteiger partial charge in [-0.15, -0.1) is 0 Å². The fourth-order valence-corrected chi connectivity index (χ4v) is 2.30. The van der Waals surface area contributed by atoms with E-state index < -0.39 is 10.1 Å². The van der Waals surface area contributed by atoms with Crippen molar-refractivity contribution in [2.75, 3.05) is 0 Å². The zero-order chi connectivity index (χ0) is 11.9. The predicted molar refractivity (Wildman–Crippen MR) is 60.9 cm³/mol. The van der Waals surface area contributed by atoms with E-state index in [-0.39, 0.29) is 10.8 Å². The van der Waals surface area contributed by atoms with Gasteiger partial charge in [0.2, 0.25) is 5.88 Å². The summed E-state index contributed by atoms with van der Waals surface area (Å²) in [6.45, 7) is 0. The number of nitrogens with zero attached hydrogens (tertiary/aromatic N) is 1. The molecule has 7 heteroatoms. The van der Waals surface area contributed by atoms with E-state index in [4.69, 9.17) is 4.55 Å². The van der Waals surface area contributed by atoms with E-state index in [1.54, 1.807) is 0 Å². The zero-order valence-corrected chi connectivity index (χ0v) is 10.2. The second-order valence-electron chi connectivity index (χ2n) is 3.12. The fourth-order valence-electron chi connectivity index (χ4n) is 1.32. The summed E-state index contributed by atoms with van der Waals surface area (Å²) in [5.74, 6) is -0.174. The van der Waals surface area contributed by atoms with Crippen LogP contribution in [-0.2, 0) is 10.1 Å². The molecule has 0 spiro atoms. The maximum absolute atomic E-state index is 10.9. The Labute approximate surface area is 99.6 Å². The summed E-state index contributed by atoms with van der Waals surface area (Å²) in [5.41, 5.74) is 0. The highest BCUT2D eigenvalue weighted by Crippen LogP contribution is 2.31. The van der Waals surface area contributed by atoms with Crippen LogP contribution in [0.4, 0.5) is 0 Å². The SMILES string of the molecule is O=S(=O)(O)c1ccc2c(Br)c(O)ncc2c1. The molecule has 0 atom stereocenters. The van der Waals surface area contributed by atoms with Gasteiger partial charge in [-0.3, -0.25) is 4.55 Å². The van der Waals surface area contributed by atoms with Crippen molar-refractivity contribution >= 4 is 36.8 Å². The number of fused-ring (bicyclic) bond motifs is 1. The Hall–Kier alpha value is -1.18. The third-order valence-corrected chi connectivity index (χ3v) is 3.71. The van der Waals surface area contributed by atoms with Crippen LogP contribution in [0.3, 0.4) is 0 Å². The molecule has 0 aliphatic rings. The maximum Gasteiger partial charge on any atom is 0.294 e. The van der Waals surface area contributed by atoms with Gasteiger partial charge in [-0.1, -0.05) is 6.07 Å². The van der Waals surface area contributed by atoms with Gasteiger partial charge in [0.25, 0.3) is 10.1 Å². The monoisotopic (exact) mass is 303 g/mol. The summed E-state index contributed by atoms with van der Waals surface area (Å²) in [4.78, 5) is 3.45. The lowest BCUT2D eigenvalue weighted by Gasteiger charge is -2.03. The summed E-state index contributed by atoms with van der Waals surface area (Å²) < 4.78 is 31.0. The fraction of sp³-hybridized carbons (Fsp3) is 0. The normalized spacial score (nSPS) is 11.9. The molecule has 0 unspecified atom stereocenters. The Bertz CT molecular complexity index is 669. The van der Waals surface area contributed by atoms with Gasteiger partial charge in [0.1, 0.15) is 0 Å². The molecule has 84 valence electrons. The molecule has 0 radical (unpaired) electrons. The average molecular weight is 304 g/mol. The Morgan fingerprint density at radius 2 is 2.00 bits per heavy atom. The van der Waals surface area contributed by atoms with Crippen molar-refractivity contribution in [2.24, 2.45) is 0 Å². The van der Waals surface area contributed by atoms with Gasteiger partial charge in [-0.05, 0) is 28.1 Å². The Kier molecular flexibility index (Phi) is 2.61. The minimum Gasteiger partial charge on any atom is -0.492 e. The quantitative estimate of drug-likeness (QED) is 0.786. The van der Waals surface area contributed by atoms with Gasteiger partial charge in [0, 0.05) is 17.0 Å². The third kappa shape index (κ3) is 1.89. The second-order valence-corrected chi connectivity index (χ2v) is 5.33. The zero-order valence-electron chi connectivity index (χ0n) is 7.75. The molecule has 1 heterocycles. The van der Waals surface area contributed by atoms with Crippen LogP contribution >= 0.6 is 15.9 Å². The lowest BCUT2D eigenvalue weighted by Crippen LogP contribution is -1.97. The van der Waals surface area contributed by atoms with Crippen molar-refractivity contribution in [2.45, 2.75) is 4.90 Å². The summed E-state index contributed by atoms with van der Waals surface area (Å²) in [5, 5.41) is 10.4. The molecule has 0 saturated heterocycles. The first-order valence-electron chi connectivity index (χ1n) is 4.14. The van der Waals surface area contributed by atoms with Crippen molar-refractivity contribution in [1.82, 2.24) is 4.98 Å². The summed E-state index contributed by atoms with van der Waals surface area (Å²) in [6, 6.07) is 4.01. The number of rotatable bonds is 1. The Morgan fingerprint density at radius 3 is 2.62 bits per heavy atom. The molecule has 16 heavy (non-hydrogen) atoms. The predicted octanol–water partition coefficient (Wildman–Crippen LogP) is 1.95. The van der Waals surface area contributed by atoms with Crippen LogP contribution in [0.5, 0.6) is 5.88 Å². The Morgan fingerprint density at radius 1 is 1.31 bits per heavy atom. The molecular weight excluding hydrogens is 298 g/mol. The van der Waals surface area contributed by atoms with Gasteiger partial charge in [-0.2, -0.15) is 8.42 Å². The smallest absolute Gasteiger partial charge is 0.294 e. The molecule has 0 saturated carbocycles. The highest BCUT2D eigenvalue weighted by atomic mass is 79.9.